The molecule has 58 valence electrons. The lowest BCUT2D eigenvalue weighted by molar-refractivity contribution is -0.114. The quantitative estimate of drug-likeness (QED) is 0.546. The standard InChI is InChI=1S/C8H15NO/c1-4-5-8(10)6-7-9(2)3/h4-5H,6-7H2,1-3H3. The highest BCUT2D eigenvalue weighted by molar-refractivity contribution is 5.89. The Balaban J connectivity index is 3.40. The van der Waals surface area contributed by atoms with Crippen molar-refractivity contribution in [2.24, 2.45) is 0 Å². The SMILES string of the molecule is CC=CC(=O)CCN(C)C. The molecule has 0 radical (unpaired) electrons. The van der Waals surface area contributed by atoms with Crippen LogP contribution in [0.2, 0.25) is 0 Å². The molecule has 0 rings (SSSR count). The van der Waals surface area contributed by atoms with Gasteiger partial charge in [-0.15, -0.1) is 0 Å². The van der Waals surface area contributed by atoms with Gasteiger partial charge in [0.25, 0.3) is 0 Å². The molecule has 0 aliphatic carbocycles. The molecule has 0 bridgehead atoms. The van der Waals surface area contributed by atoms with E-state index in [1.165, 1.54) is 0 Å². The maximum absolute atomic E-state index is 10.8. The van der Waals surface area contributed by atoms with E-state index in [1.807, 2.05) is 25.9 Å². The topological polar surface area (TPSA) is 20.3 Å². The van der Waals surface area contributed by atoms with E-state index in [4.69, 9.17) is 0 Å². The molecule has 0 saturated carbocycles. The summed E-state index contributed by atoms with van der Waals surface area (Å²) in [5, 5.41) is 0. The summed E-state index contributed by atoms with van der Waals surface area (Å²) in [6, 6.07) is 0. The van der Waals surface area contributed by atoms with Gasteiger partial charge >= 0.3 is 0 Å². The summed E-state index contributed by atoms with van der Waals surface area (Å²) in [6.45, 7) is 2.69. The molecular formula is C8H15NO. The first-order valence-corrected chi connectivity index (χ1v) is 3.47. The molecule has 0 aliphatic heterocycles. The first kappa shape index (κ1) is 9.37. The van der Waals surface area contributed by atoms with Gasteiger partial charge in [0.05, 0.1) is 0 Å². The largest absolute Gasteiger partial charge is 0.309 e. The van der Waals surface area contributed by atoms with Crippen molar-refractivity contribution in [2.75, 3.05) is 20.6 Å². The van der Waals surface area contributed by atoms with Crippen molar-refractivity contribution < 1.29 is 4.79 Å². The minimum Gasteiger partial charge on any atom is -0.309 e. The van der Waals surface area contributed by atoms with E-state index in [0.29, 0.717) is 6.42 Å². The zero-order valence-electron chi connectivity index (χ0n) is 6.92. The highest BCUT2D eigenvalue weighted by Crippen LogP contribution is 1.87. The fraction of sp³-hybridized carbons (Fsp3) is 0.625. The maximum atomic E-state index is 10.8. The molecule has 0 saturated heterocycles. The normalized spacial score (nSPS) is 11.2. The summed E-state index contributed by atoms with van der Waals surface area (Å²) in [5.41, 5.74) is 0. The van der Waals surface area contributed by atoms with E-state index in [1.54, 1.807) is 12.2 Å². The van der Waals surface area contributed by atoms with E-state index in [-0.39, 0.29) is 5.78 Å². The average molecular weight is 141 g/mol. The first-order valence-electron chi connectivity index (χ1n) is 3.47. The van der Waals surface area contributed by atoms with Crippen molar-refractivity contribution in [2.45, 2.75) is 13.3 Å². The van der Waals surface area contributed by atoms with Gasteiger partial charge in [-0.1, -0.05) is 6.08 Å². The zero-order valence-corrected chi connectivity index (χ0v) is 6.92. The van der Waals surface area contributed by atoms with E-state index >= 15 is 0 Å². The molecule has 0 spiro atoms. The van der Waals surface area contributed by atoms with Crippen LogP contribution < -0.4 is 0 Å². The first-order chi connectivity index (χ1) is 4.66. The Hall–Kier alpha value is -0.630. The van der Waals surface area contributed by atoms with Crippen molar-refractivity contribution in [3.63, 3.8) is 0 Å². The Kier molecular flexibility index (Phi) is 4.85. The molecular weight excluding hydrogens is 126 g/mol. The maximum Gasteiger partial charge on any atom is 0.156 e. The molecule has 2 heteroatoms. The van der Waals surface area contributed by atoms with E-state index in [2.05, 4.69) is 0 Å². The zero-order chi connectivity index (χ0) is 7.98. The lowest BCUT2D eigenvalue weighted by Gasteiger charge is -2.05. The fourth-order valence-electron chi connectivity index (χ4n) is 0.603. The molecule has 0 heterocycles. The van der Waals surface area contributed by atoms with Crippen LogP contribution in [0.3, 0.4) is 0 Å². The van der Waals surface area contributed by atoms with E-state index in [0.717, 1.165) is 6.54 Å². The molecule has 0 aromatic carbocycles. The molecule has 0 fully saturated rings. The van der Waals surface area contributed by atoms with Crippen LogP contribution >= 0.6 is 0 Å². The number of rotatable bonds is 4. The number of hydrogen-bond acceptors (Lipinski definition) is 2. The van der Waals surface area contributed by atoms with Crippen molar-refractivity contribution in [1.29, 1.82) is 0 Å². The summed E-state index contributed by atoms with van der Waals surface area (Å²) in [7, 11) is 3.92. The molecule has 0 atom stereocenters. The van der Waals surface area contributed by atoms with Gasteiger partial charge in [-0.3, -0.25) is 4.79 Å². The van der Waals surface area contributed by atoms with Crippen LogP contribution in [-0.2, 0) is 4.79 Å². The van der Waals surface area contributed by atoms with Crippen LogP contribution in [0.25, 0.3) is 0 Å². The Morgan fingerprint density at radius 3 is 2.50 bits per heavy atom. The summed E-state index contributed by atoms with van der Waals surface area (Å²) in [5.74, 6) is 0.205. The van der Waals surface area contributed by atoms with Gasteiger partial charge in [0.15, 0.2) is 5.78 Å². The highest BCUT2D eigenvalue weighted by Gasteiger charge is 1.95. The summed E-state index contributed by atoms with van der Waals surface area (Å²) in [6.07, 6.45) is 4.01. The van der Waals surface area contributed by atoms with Crippen molar-refractivity contribution in [3.05, 3.63) is 12.2 Å². The van der Waals surface area contributed by atoms with Gasteiger partial charge in [0.2, 0.25) is 0 Å². The minimum atomic E-state index is 0.205. The van der Waals surface area contributed by atoms with Gasteiger partial charge < -0.3 is 4.90 Å². The van der Waals surface area contributed by atoms with Crippen LogP contribution in [0.1, 0.15) is 13.3 Å². The highest BCUT2D eigenvalue weighted by atomic mass is 16.1. The smallest absolute Gasteiger partial charge is 0.156 e. The van der Waals surface area contributed by atoms with E-state index < -0.39 is 0 Å². The summed E-state index contributed by atoms with van der Waals surface area (Å²) >= 11 is 0. The van der Waals surface area contributed by atoms with Gasteiger partial charge in [-0.05, 0) is 27.1 Å². The van der Waals surface area contributed by atoms with Crippen LogP contribution in [-0.4, -0.2) is 31.3 Å². The van der Waals surface area contributed by atoms with Crippen molar-refractivity contribution in [3.8, 4) is 0 Å². The van der Waals surface area contributed by atoms with Crippen LogP contribution in [0.15, 0.2) is 12.2 Å². The third-order valence-electron chi connectivity index (χ3n) is 1.16. The van der Waals surface area contributed by atoms with Crippen LogP contribution in [0, 0.1) is 0 Å². The monoisotopic (exact) mass is 141 g/mol. The van der Waals surface area contributed by atoms with Crippen molar-refractivity contribution >= 4 is 5.78 Å². The van der Waals surface area contributed by atoms with E-state index in [9.17, 15) is 4.79 Å². The number of carbonyl (C=O) groups excluding carboxylic acids is 1. The molecule has 0 aromatic heterocycles. The lowest BCUT2D eigenvalue weighted by atomic mass is 10.2. The lowest BCUT2D eigenvalue weighted by Crippen LogP contribution is -2.15. The predicted molar refractivity (Wildman–Crippen MR) is 43.0 cm³/mol. The second kappa shape index (κ2) is 5.18. The molecule has 0 aliphatic rings. The van der Waals surface area contributed by atoms with Crippen molar-refractivity contribution in [1.82, 2.24) is 4.90 Å². The average Bonchev–Trinajstić information content (AvgIpc) is 1.85. The molecule has 10 heavy (non-hydrogen) atoms. The predicted octanol–water partition coefficient (Wildman–Crippen LogP) is 1.08. The molecule has 0 aromatic rings. The fourth-order valence-corrected chi connectivity index (χ4v) is 0.603. The molecule has 0 unspecified atom stereocenters. The second-order valence-electron chi connectivity index (χ2n) is 2.52. The summed E-state index contributed by atoms with van der Waals surface area (Å²) in [4.78, 5) is 12.8. The molecule has 2 nitrogen and oxygen atoms in total. The van der Waals surface area contributed by atoms with Crippen LogP contribution in [0.4, 0.5) is 0 Å². The van der Waals surface area contributed by atoms with Gasteiger partial charge in [-0.2, -0.15) is 0 Å². The Labute approximate surface area is 62.5 Å². The van der Waals surface area contributed by atoms with Gasteiger partial charge in [0.1, 0.15) is 0 Å². The Bertz CT molecular complexity index is 127. The second-order valence-corrected chi connectivity index (χ2v) is 2.52. The third-order valence-corrected chi connectivity index (χ3v) is 1.16. The number of nitrogens with zero attached hydrogens (tertiary/aromatic N) is 1. The summed E-state index contributed by atoms with van der Waals surface area (Å²) < 4.78 is 0. The van der Waals surface area contributed by atoms with Gasteiger partial charge in [-0.25, -0.2) is 0 Å². The van der Waals surface area contributed by atoms with Gasteiger partial charge in [0, 0.05) is 13.0 Å². The number of allylic oxidation sites excluding steroid dienone is 2. The number of hydrogen-bond donors (Lipinski definition) is 0. The number of carbonyl (C=O) groups is 1. The minimum absolute atomic E-state index is 0.205. The van der Waals surface area contributed by atoms with Crippen LogP contribution in [0.5, 0.6) is 0 Å². The molecule has 0 amide bonds. The Morgan fingerprint density at radius 2 is 2.10 bits per heavy atom. The molecule has 0 N–H and O–H groups in total. The Morgan fingerprint density at radius 1 is 1.50 bits per heavy atom. The third kappa shape index (κ3) is 5.51. The number of ketones is 1.